The van der Waals surface area contributed by atoms with Gasteiger partial charge < -0.3 is 14.7 Å². The molecule has 23 heavy (non-hydrogen) atoms. The first-order valence-electron chi connectivity index (χ1n) is 7.73. The summed E-state index contributed by atoms with van der Waals surface area (Å²) in [6.45, 7) is 6.19. The summed E-state index contributed by atoms with van der Waals surface area (Å²) in [5.41, 5.74) is -1.62. The third kappa shape index (κ3) is 7.00. The van der Waals surface area contributed by atoms with E-state index in [1.54, 1.807) is 11.9 Å². The molecule has 1 fully saturated rings. The van der Waals surface area contributed by atoms with Crippen molar-refractivity contribution >= 4 is 11.9 Å². The molecule has 1 aliphatic rings. The molecule has 0 aromatic carbocycles. The number of hydroxylamine groups is 2. The molecular weight excluding hydrogens is 300 g/mol. The highest BCUT2D eigenvalue weighted by Gasteiger charge is 2.36. The van der Waals surface area contributed by atoms with E-state index in [-0.39, 0.29) is 18.3 Å². The summed E-state index contributed by atoms with van der Waals surface area (Å²) in [6.07, 6.45) is 3.23. The van der Waals surface area contributed by atoms with E-state index in [2.05, 4.69) is 0 Å². The molecule has 1 aliphatic heterocycles. The molecule has 0 aromatic heterocycles. The van der Waals surface area contributed by atoms with E-state index in [4.69, 9.17) is 9.57 Å². The lowest BCUT2D eigenvalue weighted by Crippen LogP contribution is -2.48. The standard InChI is InChI=1S/C16H28N2O5/c1-15(2,3)23-14(20)18-10-7-16(21,8-11-18)12-13(19)6-9-17(4)22-5/h6,9,21H,7-8,10-12H2,1-5H3. The van der Waals surface area contributed by atoms with Crippen molar-refractivity contribution in [1.82, 2.24) is 9.96 Å². The van der Waals surface area contributed by atoms with E-state index in [0.29, 0.717) is 25.9 Å². The van der Waals surface area contributed by atoms with Crippen molar-refractivity contribution in [3.05, 3.63) is 12.3 Å². The molecule has 0 unspecified atom stereocenters. The van der Waals surface area contributed by atoms with E-state index in [1.807, 2.05) is 20.8 Å². The molecule has 0 radical (unpaired) electrons. The number of ether oxygens (including phenoxy) is 1. The van der Waals surface area contributed by atoms with E-state index < -0.39 is 11.2 Å². The third-order valence-electron chi connectivity index (χ3n) is 3.61. The molecule has 132 valence electrons. The summed E-state index contributed by atoms with van der Waals surface area (Å²) >= 11 is 0. The molecule has 0 aromatic rings. The molecule has 1 rings (SSSR count). The number of hydrogen-bond acceptors (Lipinski definition) is 6. The van der Waals surface area contributed by atoms with E-state index in [0.717, 1.165) is 0 Å². The molecular formula is C16H28N2O5. The van der Waals surface area contributed by atoms with Crippen molar-refractivity contribution < 1.29 is 24.3 Å². The van der Waals surface area contributed by atoms with Gasteiger partial charge in [0.2, 0.25) is 0 Å². The van der Waals surface area contributed by atoms with Gasteiger partial charge in [0.15, 0.2) is 5.78 Å². The molecule has 0 saturated carbocycles. The number of nitrogens with zero attached hydrogens (tertiary/aromatic N) is 2. The molecule has 0 aliphatic carbocycles. The lowest BCUT2D eigenvalue weighted by Gasteiger charge is -2.38. The number of allylic oxidation sites excluding steroid dienone is 1. The number of likely N-dealkylation sites (tertiary alicyclic amines) is 1. The Labute approximate surface area is 137 Å². The fourth-order valence-electron chi connectivity index (χ4n) is 2.24. The van der Waals surface area contributed by atoms with Gasteiger partial charge in [-0.25, -0.2) is 4.79 Å². The second kappa shape index (κ2) is 7.79. The Hall–Kier alpha value is -1.60. The van der Waals surface area contributed by atoms with E-state index in [1.165, 1.54) is 24.4 Å². The highest BCUT2D eigenvalue weighted by molar-refractivity contribution is 5.90. The molecule has 1 saturated heterocycles. The van der Waals surface area contributed by atoms with Crippen LogP contribution in [0.4, 0.5) is 4.79 Å². The van der Waals surface area contributed by atoms with Crippen LogP contribution in [0.15, 0.2) is 12.3 Å². The number of hydrogen-bond donors (Lipinski definition) is 1. The number of carbonyl (C=O) groups is 2. The lowest BCUT2D eigenvalue weighted by molar-refractivity contribution is -0.121. The van der Waals surface area contributed by atoms with Gasteiger partial charge in [0, 0.05) is 32.8 Å². The van der Waals surface area contributed by atoms with Crippen LogP contribution in [0.5, 0.6) is 0 Å². The SMILES string of the molecule is CON(C)C=CC(=O)CC1(O)CCN(C(=O)OC(C)(C)C)CC1. The lowest BCUT2D eigenvalue weighted by atomic mass is 9.86. The number of piperidine rings is 1. The van der Waals surface area contributed by atoms with Gasteiger partial charge in [-0.1, -0.05) is 0 Å². The van der Waals surface area contributed by atoms with Crippen LogP contribution >= 0.6 is 0 Å². The number of aliphatic hydroxyl groups is 1. The van der Waals surface area contributed by atoms with Crippen molar-refractivity contribution in [2.45, 2.75) is 51.2 Å². The quantitative estimate of drug-likeness (QED) is 0.611. The number of amides is 1. The van der Waals surface area contributed by atoms with Gasteiger partial charge in [0.25, 0.3) is 0 Å². The summed E-state index contributed by atoms with van der Waals surface area (Å²) in [6, 6.07) is 0. The van der Waals surface area contributed by atoms with Crippen LogP contribution in [0.1, 0.15) is 40.0 Å². The molecule has 0 spiro atoms. The number of ketones is 1. The van der Waals surface area contributed by atoms with E-state index >= 15 is 0 Å². The summed E-state index contributed by atoms with van der Waals surface area (Å²) in [5, 5.41) is 11.9. The second-order valence-electron chi connectivity index (χ2n) is 6.88. The van der Waals surface area contributed by atoms with Gasteiger partial charge in [-0.3, -0.25) is 14.7 Å². The molecule has 7 nitrogen and oxygen atoms in total. The molecule has 0 bridgehead atoms. The van der Waals surface area contributed by atoms with Crippen LogP contribution < -0.4 is 0 Å². The molecule has 1 amide bonds. The molecule has 0 atom stereocenters. The van der Waals surface area contributed by atoms with Crippen molar-refractivity contribution in [3.8, 4) is 0 Å². The first-order chi connectivity index (χ1) is 10.5. The van der Waals surface area contributed by atoms with Gasteiger partial charge in [-0.2, -0.15) is 0 Å². The minimum Gasteiger partial charge on any atom is -0.444 e. The van der Waals surface area contributed by atoms with Crippen molar-refractivity contribution in [2.24, 2.45) is 0 Å². The van der Waals surface area contributed by atoms with Crippen LogP contribution in [0.25, 0.3) is 0 Å². The first kappa shape index (κ1) is 19.4. The van der Waals surface area contributed by atoms with Crippen molar-refractivity contribution in [2.75, 3.05) is 27.2 Å². The van der Waals surface area contributed by atoms with Crippen LogP contribution in [0.2, 0.25) is 0 Å². The average molecular weight is 328 g/mol. The van der Waals surface area contributed by atoms with Gasteiger partial charge in [0.05, 0.1) is 12.7 Å². The Bertz CT molecular complexity index is 448. The maximum atomic E-state index is 12.0. The van der Waals surface area contributed by atoms with Gasteiger partial charge in [0.1, 0.15) is 5.60 Å². The minimum absolute atomic E-state index is 0.0310. The Morgan fingerprint density at radius 3 is 2.35 bits per heavy atom. The topological polar surface area (TPSA) is 79.3 Å². The summed E-state index contributed by atoms with van der Waals surface area (Å²) in [7, 11) is 3.16. The molecule has 1 N–H and O–H groups in total. The van der Waals surface area contributed by atoms with Gasteiger partial charge in [-0.05, 0) is 39.7 Å². The fourth-order valence-corrected chi connectivity index (χ4v) is 2.24. The maximum Gasteiger partial charge on any atom is 0.410 e. The Morgan fingerprint density at radius 1 is 1.30 bits per heavy atom. The zero-order valence-electron chi connectivity index (χ0n) is 14.7. The van der Waals surface area contributed by atoms with Crippen molar-refractivity contribution in [1.29, 1.82) is 0 Å². The fraction of sp³-hybridized carbons (Fsp3) is 0.750. The zero-order chi connectivity index (χ0) is 17.7. The monoisotopic (exact) mass is 328 g/mol. The van der Waals surface area contributed by atoms with Gasteiger partial charge >= 0.3 is 6.09 Å². The van der Waals surface area contributed by atoms with Crippen LogP contribution in [-0.2, 0) is 14.4 Å². The zero-order valence-corrected chi connectivity index (χ0v) is 14.7. The first-order valence-corrected chi connectivity index (χ1v) is 7.73. The predicted molar refractivity (Wildman–Crippen MR) is 85.5 cm³/mol. The van der Waals surface area contributed by atoms with Crippen molar-refractivity contribution in [3.63, 3.8) is 0 Å². The maximum absolute atomic E-state index is 12.0. The average Bonchev–Trinajstić information content (AvgIpc) is 2.43. The third-order valence-corrected chi connectivity index (χ3v) is 3.61. The summed E-state index contributed by atoms with van der Waals surface area (Å²) in [5.74, 6) is -0.179. The van der Waals surface area contributed by atoms with Crippen LogP contribution in [0, 0.1) is 0 Å². The summed E-state index contributed by atoms with van der Waals surface area (Å²) in [4.78, 5) is 30.3. The number of rotatable bonds is 5. The summed E-state index contributed by atoms with van der Waals surface area (Å²) < 4.78 is 5.31. The Morgan fingerprint density at radius 2 is 1.87 bits per heavy atom. The van der Waals surface area contributed by atoms with Crippen LogP contribution in [-0.4, -0.2) is 65.4 Å². The Kier molecular flexibility index (Phi) is 6.58. The molecule has 1 heterocycles. The largest absolute Gasteiger partial charge is 0.444 e. The number of carbonyl (C=O) groups excluding carboxylic acids is 2. The minimum atomic E-state index is -1.08. The normalized spacial score (nSPS) is 18.1. The van der Waals surface area contributed by atoms with Gasteiger partial charge in [-0.15, -0.1) is 0 Å². The highest BCUT2D eigenvalue weighted by atomic mass is 16.7. The second-order valence-corrected chi connectivity index (χ2v) is 6.88. The van der Waals surface area contributed by atoms with E-state index in [9.17, 15) is 14.7 Å². The smallest absolute Gasteiger partial charge is 0.410 e. The predicted octanol–water partition coefficient (Wildman–Crippen LogP) is 1.71. The molecule has 7 heteroatoms. The van der Waals surface area contributed by atoms with Crippen LogP contribution in [0.3, 0.4) is 0 Å². The Balaban J connectivity index is 2.49. The highest BCUT2D eigenvalue weighted by Crippen LogP contribution is 2.27.